The summed E-state index contributed by atoms with van der Waals surface area (Å²) < 4.78 is 11.3. The SMILES string of the molecule is CCNC(=NCCCN1CCOCC1)NC1C2CCOC2C1(C)C. The zero-order valence-corrected chi connectivity index (χ0v) is 15.5. The summed E-state index contributed by atoms with van der Waals surface area (Å²) in [6.07, 6.45) is 2.68. The standard InChI is InChI=1S/C18H34N4O2/c1-4-19-17(20-7-5-8-22-9-12-23-13-10-22)21-15-14-6-11-24-16(14)18(15,2)3/h14-16H,4-13H2,1-3H3,(H2,19,20,21). The van der Waals surface area contributed by atoms with Gasteiger partial charge >= 0.3 is 0 Å². The molecule has 0 spiro atoms. The van der Waals surface area contributed by atoms with Crippen molar-refractivity contribution < 1.29 is 9.47 Å². The molecule has 6 heteroatoms. The summed E-state index contributed by atoms with van der Waals surface area (Å²) in [4.78, 5) is 7.26. The summed E-state index contributed by atoms with van der Waals surface area (Å²) >= 11 is 0. The predicted octanol–water partition coefficient (Wildman–Crippen LogP) is 1.08. The summed E-state index contributed by atoms with van der Waals surface area (Å²) in [7, 11) is 0. The van der Waals surface area contributed by atoms with Crippen LogP contribution in [0.3, 0.4) is 0 Å². The Morgan fingerprint density at radius 2 is 2.04 bits per heavy atom. The van der Waals surface area contributed by atoms with Crippen molar-refractivity contribution in [1.29, 1.82) is 0 Å². The number of hydrogen-bond acceptors (Lipinski definition) is 4. The Balaban J connectivity index is 1.47. The molecule has 2 heterocycles. The number of morpholine rings is 1. The fraction of sp³-hybridized carbons (Fsp3) is 0.944. The molecule has 3 rings (SSSR count). The number of guanidine groups is 1. The van der Waals surface area contributed by atoms with Gasteiger partial charge in [0.1, 0.15) is 0 Å². The molecular formula is C18H34N4O2. The van der Waals surface area contributed by atoms with E-state index in [1.807, 2.05) is 0 Å². The smallest absolute Gasteiger partial charge is 0.191 e. The van der Waals surface area contributed by atoms with E-state index in [0.29, 0.717) is 18.1 Å². The van der Waals surface area contributed by atoms with Gasteiger partial charge in [0.05, 0.1) is 19.3 Å². The third-order valence-corrected chi connectivity index (χ3v) is 5.74. The van der Waals surface area contributed by atoms with E-state index >= 15 is 0 Å². The monoisotopic (exact) mass is 338 g/mol. The number of hydrogen-bond donors (Lipinski definition) is 2. The molecule has 0 aromatic heterocycles. The molecule has 138 valence electrons. The van der Waals surface area contributed by atoms with Crippen molar-refractivity contribution in [3.8, 4) is 0 Å². The molecule has 1 saturated carbocycles. The number of rotatable bonds is 6. The fourth-order valence-electron chi connectivity index (χ4n) is 4.39. The number of nitrogens with one attached hydrogen (secondary N) is 2. The summed E-state index contributed by atoms with van der Waals surface area (Å²) in [6.45, 7) is 14.4. The Hall–Kier alpha value is -0.850. The van der Waals surface area contributed by atoms with Crippen LogP contribution in [-0.2, 0) is 9.47 Å². The molecule has 2 N–H and O–H groups in total. The van der Waals surface area contributed by atoms with Crippen LogP contribution in [0.1, 0.15) is 33.6 Å². The number of aliphatic imine (C=N–C) groups is 1. The molecule has 0 amide bonds. The van der Waals surface area contributed by atoms with E-state index in [1.165, 1.54) is 6.42 Å². The minimum atomic E-state index is 0.186. The number of nitrogens with zero attached hydrogens (tertiary/aromatic N) is 2. The first kappa shape index (κ1) is 18.0. The number of fused-ring (bicyclic) bond motifs is 1. The van der Waals surface area contributed by atoms with Crippen LogP contribution in [0.2, 0.25) is 0 Å². The topological polar surface area (TPSA) is 58.1 Å². The highest BCUT2D eigenvalue weighted by molar-refractivity contribution is 5.80. The lowest BCUT2D eigenvalue weighted by atomic mass is 9.57. The first-order chi connectivity index (χ1) is 11.6. The summed E-state index contributed by atoms with van der Waals surface area (Å²) in [6, 6.07) is 0.460. The van der Waals surface area contributed by atoms with E-state index in [2.05, 4.69) is 36.3 Å². The van der Waals surface area contributed by atoms with Crippen molar-refractivity contribution in [2.24, 2.45) is 16.3 Å². The molecule has 0 aromatic rings. The van der Waals surface area contributed by atoms with Gasteiger partial charge in [0.25, 0.3) is 0 Å². The Kier molecular flexibility index (Phi) is 6.00. The van der Waals surface area contributed by atoms with E-state index in [1.54, 1.807) is 0 Å². The largest absolute Gasteiger partial charge is 0.379 e. The first-order valence-corrected chi connectivity index (χ1v) is 9.59. The average Bonchev–Trinajstić information content (AvgIpc) is 3.04. The highest BCUT2D eigenvalue weighted by Crippen LogP contribution is 2.52. The maximum absolute atomic E-state index is 5.89. The van der Waals surface area contributed by atoms with Gasteiger partial charge in [0.2, 0.25) is 0 Å². The third kappa shape index (κ3) is 3.86. The van der Waals surface area contributed by atoms with Crippen LogP contribution in [-0.4, -0.2) is 75.5 Å². The molecule has 0 bridgehead atoms. The first-order valence-electron chi connectivity index (χ1n) is 9.59. The Labute approximate surface area is 146 Å². The van der Waals surface area contributed by atoms with Crippen molar-refractivity contribution in [2.75, 3.05) is 52.5 Å². The van der Waals surface area contributed by atoms with Crippen LogP contribution in [0.15, 0.2) is 4.99 Å². The van der Waals surface area contributed by atoms with E-state index in [4.69, 9.17) is 14.5 Å². The minimum absolute atomic E-state index is 0.186. The quantitative estimate of drug-likeness (QED) is 0.431. The van der Waals surface area contributed by atoms with Gasteiger partial charge in [-0.25, -0.2) is 0 Å². The second kappa shape index (κ2) is 8.02. The average molecular weight is 338 g/mol. The van der Waals surface area contributed by atoms with E-state index < -0.39 is 0 Å². The van der Waals surface area contributed by atoms with Gasteiger partial charge in [-0.3, -0.25) is 9.89 Å². The molecule has 0 aromatic carbocycles. The second-order valence-electron chi connectivity index (χ2n) is 7.76. The highest BCUT2D eigenvalue weighted by Gasteiger charge is 2.59. The summed E-state index contributed by atoms with van der Waals surface area (Å²) in [5.41, 5.74) is 0.186. The molecule has 24 heavy (non-hydrogen) atoms. The van der Waals surface area contributed by atoms with Gasteiger partial charge < -0.3 is 20.1 Å². The molecule has 2 aliphatic heterocycles. The molecule has 2 saturated heterocycles. The number of ether oxygens (including phenoxy) is 2. The molecule has 3 atom stereocenters. The van der Waals surface area contributed by atoms with Crippen molar-refractivity contribution in [3.63, 3.8) is 0 Å². The lowest BCUT2D eigenvalue weighted by molar-refractivity contribution is -0.106. The van der Waals surface area contributed by atoms with Gasteiger partial charge in [-0.15, -0.1) is 0 Å². The van der Waals surface area contributed by atoms with Gasteiger partial charge in [-0.05, 0) is 19.8 Å². The van der Waals surface area contributed by atoms with E-state index in [0.717, 1.165) is 64.9 Å². The van der Waals surface area contributed by atoms with Crippen LogP contribution < -0.4 is 10.6 Å². The zero-order valence-electron chi connectivity index (χ0n) is 15.5. The maximum Gasteiger partial charge on any atom is 0.191 e. The van der Waals surface area contributed by atoms with E-state index in [9.17, 15) is 0 Å². The Morgan fingerprint density at radius 1 is 1.25 bits per heavy atom. The summed E-state index contributed by atoms with van der Waals surface area (Å²) in [5, 5.41) is 7.08. The predicted molar refractivity (Wildman–Crippen MR) is 96.4 cm³/mol. The summed E-state index contributed by atoms with van der Waals surface area (Å²) in [5.74, 6) is 1.60. The van der Waals surface area contributed by atoms with Gasteiger partial charge in [0.15, 0.2) is 5.96 Å². The van der Waals surface area contributed by atoms with Crippen molar-refractivity contribution in [1.82, 2.24) is 15.5 Å². The Morgan fingerprint density at radius 3 is 2.79 bits per heavy atom. The van der Waals surface area contributed by atoms with Gasteiger partial charge in [-0.2, -0.15) is 0 Å². The normalized spacial score (nSPS) is 33.0. The molecule has 3 aliphatic rings. The molecule has 6 nitrogen and oxygen atoms in total. The fourth-order valence-corrected chi connectivity index (χ4v) is 4.39. The van der Waals surface area contributed by atoms with Crippen LogP contribution in [0.4, 0.5) is 0 Å². The Bertz CT molecular complexity index is 435. The van der Waals surface area contributed by atoms with E-state index in [-0.39, 0.29) is 5.41 Å². The molecular weight excluding hydrogens is 304 g/mol. The van der Waals surface area contributed by atoms with Crippen molar-refractivity contribution >= 4 is 5.96 Å². The lowest BCUT2D eigenvalue weighted by Crippen LogP contribution is -2.68. The minimum Gasteiger partial charge on any atom is -0.379 e. The van der Waals surface area contributed by atoms with Crippen LogP contribution in [0.5, 0.6) is 0 Å². The molecule has 3 fully saturated rings. The van der Waals surface area contributed by atoms with Crippen molar-refractivity contribution in [2.45, 2.75) is 45.8 Å². The van der Waals surface area contributed by atoms with Crippen LogP contribution >= 0.6 is 0 Å². The third-order valence-electron chi connectivity index (χ3n) is 5.74. The highest BCUT2D eigenvalue weighted by atomic mass is 16.5. The van der Waals surface area contributed by atoms with Gasteiger partial charge in [0, 0.05) is 56.7 Å². The maximum atomic E-state index is 5.89. The van der Waals surface area contributed by atoms with Crippen LogP contribution in [0, 0.1) is 11.3 Å². The zero-order chi connectivity index (χ0) is 17.0. The molecule has 3 unspecified atom stereocenters. The van der Waals surface area contributed by atoms with Crippen molar-refractivity contribution in [3.05, 3.63) is 0 Å². The second-order valence-corrected chi connectivity index (χ2v) is 7.76. The molecule has 0 radical (unpaired) electrons. The van der Waals surface area contributed by atoms with Crippen LogP contribution in [0.25, 0.3) is 0 Å². The molecule has 1 aliphatic carbocycles. The van der Waals surface area contributed by atoms with Gasteiger partial charge in [-0.1, -0.05) is 13.8 Å². The lowest BCUT2D eigenvalue weighted by Gasteiger charge is -2.54.